The van der Waals surface area contributed by atoms with Gasteiger partial charge in [-0.3, -0.25) is 4.79 Å². The number of carbonyl (C=O) groups excluding carboxylic acids is 1. The van der Waals surface area contributed by atoms with Crippen molar-refractivity contribution in [2.24, 2.45) is 5.92 Å². The molecule has 0 aromatic heterocycles. The smallest absolute Gasteiger partial charge is 0.239 e. The van der Waals surface area contributed by atoms with Crippen LogP contribution in [-0.2, 0) is 4.79 Å². The SMILES string of the molecule is CCCCCCCCCCC1CCNC(C(=O)N(C)C)C1. The fourth-order valence-electron chi connectivity index (χ4n) is 3.33. The minimum atomic E-state index is 0.0628. The molecule has 0 radical (unpaired) electrons. The molecule has 0 saturated carbocycles. The molecule has 3 heteroatoms. The van der Waals surface area contributed by atoms with Gasteiger partial charge in [0.15, 0.2) is 0 Å². The summed E-state index contributed by atoms with van der Waals surface area (Å²) in [6.45, 7) is 3.28. The van der Waals surface area contributed by atoms with Crippen LogP contribution in [0.25, 0.3) is 0 Å². The van der Waals surface area contributed by atoms with E-state index in [4.69, 9.17) is 0 Å². The maximum Gasteiger partial charge on any atom is 0.239 e. The van der Waals surface area contributed by atoms with Crippen LogP contribution >= 0.6 is 0 Å². The monoisotopic (exact) mass is 296 g/mol. The van der Waals surface area contributed by atoms with Crippen LogP contribution in [0.2, 0.25) is 0 Å². The summed E-state index contributed by atoms with van der Waals surface area (Å²) in [7, 11) is 3.71. The number of unbranched alkanes of at least 4 members (excludes halogenated alkanes) is 7. The van der Waals surface area contributed by atoms with E-state index in [9.17, 15) is 4.79 Å². The minimum absolute atomic E-state index is 0.0628. The zero-order chi connectivity index (χ0) is 15.5. The largest absolute Gasteiger partial charge is 0.347 e. The Bertz CT molecular complexity index is 278. The third-order valence-corrected chi connectivity index (χ3v) is 4.72. The minimum Gasteiger partial charge on any atom is -0.347 e. The van der Waals surface area contributed by atoms with Crippen molar-refractivity contribution in [3.05, 3.63) is 0 Å². The first-order chi connectivity index (χ1) is 10.1. The Kier molecular flexibility index (Phi) is 9.73. The molecule has 21 heavy (non-hydrogen) atoms. The van der Waals surface area contributed by atoms with Crippen molar-refractivity contribution in [2.75, 3.05) is 20.6 Å². The Morgan fingerprint density at radius 1 is 1.05 bits per heavy atom. The summed E-state index contributed by atoms with van der Waals surface area (Å²) < 4.78 is 0. The van der Waals surface area contributed by atoms with Gasteiger partial charge in [-0.1, -0.05) is 64.7 Å². The highest BCUT2D eigenvalue weighted by Crippen LogP contribution is 2.23. The predicted octanol–water partition coefficient (Wildman–Crippen LogP) is 3.97. The van der Waals surface area contributed by atoms with Gasteiger partial charge in [0.2, 0.25) is 5.91 Å². The van der Waals surface area contributed by atoms with Crippen molar-refractivity contribution >= 4 is 5.91 Å². The molecule has 1 aliphatic heterocycles. The van der Waals surface area contributed by atoms with Crippen LogP contribution in [0.3, 0.4) is 0 Å². The molecule has 0 aromatic rings. The van der Waals surface area contributed by atoms with E-state index in [1.54, 1.807) is 4.90 Å². The summed E-state index contributed by atoms with van der Waals surface area (Å²) in [6, 6.07) is 0.0628. The molecule has 2 atom stereocenters. The lowest BCUT2D eigenvalue weighted by Crippen LogP contribution is -2.48. The van der Waals surface area contributed by atoms with Crippen LogP contribution < -0.4 is 5.32 Å². The Balaban J connectivity index is 2.05. The lowest BCUT2D eigenvalue weighted by Gasteiger charge is -2.31. The highest BCUT2D eigenvalue weighted by atomic mass is 16.2. The van der Waals surface area contributed by atoms with Gasteiger partial charge in [-0.2, -0.15) is 0 Å². The highest BCUT2D eigenvalue weighted by Gasteiger charge is 2.27. The Labute approximate surface area is 131 Å². The molecule has 1 N–H and O–H groups in total. The first-order valence-corrected chi connectivity index (χ1v) is 9.09. The Morgan fingerprint density at radius 2 is 1.67 bits per heavy atom. The first-order valence-electron chi connectivity index (χ1n) is 9.09. The van der Waals surface area contributed by atoms with Crippen LogP contribution in [0.1, 0.15) is 77.6 Å². The third-order valence-electron chi connectivity index (χ3n) is 4.72. The number of carbonyl (C=O) groups is 1. The normalized spacial score (nSPS) is 22.2. The van der Waals surface area contributed by atoms with Crippen LogP contribution in [0.15, 0.2) is 0 Å². The second kappa shape index (κ2) is 11.1. The molecule has 124 valence electrons. The van der Waals surface area contributed by atoms with Gasteiger partial charge in [0, 0.05) is 14.1 Å². The molecule has 0 bridgehead atoms. The van der Waals surface area contributed by atoms with Gasteiger partial charge in [0.05, 0.1) is 6.04 Å². The molecule has 1 fully saturated rings. The number of nitrogens with zero attached hydrogens (tertiary/aromatic N) is 1. The van der Waals surface area contributed by atoms with Crippen molar-refractivity contribution in [1.29, 1.82) is 0 Å². The van der Waals surface area contributed by atoms with Gasteiger partial charge >= 0.3 is 0 Å². The van der Waals surface area contributed by atoms with Crippen LogP contribution in [0.4, 0.5) is 0 Å². The fourth-order valence-corrected chi connectivity index (χ4v) is 3.33. The molecular formula is C18H36N2O. The molecule has 1 rings (SSSR count). The number of nitrogens with one attached hydrogen (secondary N) is 1. The van der Waals surface area contributed by atoms with E-state index in [0.29, 0.717) is 0 Å². The standard InChI is InChI=1S/C18H36N2O/c1-4-5-6-7-8-9-10-11-12-16-13-14-19-17(15-16)18(21)20(2)3/h16-17,19H,4-15H2,1-3H3. The quantitative estimate of drug-likeness (QED) is 0.619. The Hall–Kier alpha value is -0.570. The van der Waals surface area contributed by atoms with E-state index in [-0.39, 0.29) is 11.9 Å². The average molecular weight is 296 g/mol. The zero-order valence-corrected chi connectivity index (χ0v) is 14.5. The van der Waals surface area contributed by atoms with Crippen LogP contribution in [0, 0.1) is 5.92 Å². The third kappa shape index (κ3) is 7.85. The summed E-state index contributed by atoms with van der Waals surface area (Å²) in [6.07, 6.45) is 14.7. The molecule has 1 amide bonds. The van der Waals surface area contributed by atoms with Crippen LogP contribution in [0.5, 0.6) is 0 Å². The van der Waals surface area contributed by atoms with Crippen molar-refractivity contribution in [2.45, 2.75) is 83.6 Å². The number of hydrogen-bond donors (Lipinski definition) is 1. The van der Waals surface area contributed by atoms with Crippen molar-refractivity contribution in [1.82, 2.24) is 10.2 Å². The van der Waals surface area contributed by atoms with Gasteiger partial charge in [-0.25, -0.2) is 0 Å². The van der Waals surface area contributed by atoms with E-state index in [0.717, 1.165) is 18.9 Å². The molecule has 2 unspecified atom stereocenters. The second-order valence-electron chi connectivity index (χ2n) is 6.89. The van der Waals surface area contributed by atoms with Gasteiger partial charge in [-0.05, 0) is 25.3 Å². The predicted molar refractivity (Wildman–Crippen MR) is 90.4 cm³/mol. The fraction of sp³-hybridized carbons (Fsp3) is 0.944. The molecule has 1 aliphatic rings. The summed E-state index contributed by atoms with van der Waals surface area (Å²) in [5.41, 5.74) is 0. The molecule has 3 nitrogen and oxygen atoms in total. The summed E-state index contributed by atoms with van der Waals surface area (Å²) in [4.78, 5) is 13.7. The maximum atomic E-state index is 12.0. The first kappa shape index (κ1) is 18.5. The van der Waals surface area contributed by atoms with E-state index in [2.05, 4.69) is 12.2 Å². The second-order valence-corrected chi connectivity index (χ2v) is 6.89. The molecule has 0 spiro atoms. The number of amides is 1. The van der Waals surface area contributed by atoms with Crippen molar-refractivity contribution in [3.63, 3.8) is 0 Å². The lowest BCUT2D eigenvalue weighted by molar-refractivity contribution is -0.131. The lowest BCUT2D eigenvalue weighted by atomic mass is 9.87. The molecule has 0 aromatic carbocycles. The molecule has 1 saturated heterocycles. The highest BCUT2D eigenvalue weighted by molar-refractivity contribution is 5.81. The Morgan fingerprint density at radius 3 is 2.29 bits per heavy atom. The summed E-state index contributed by atoms with van der Waals surface area (Å²) >= 11 is 0. The summed E-state index contributed by atoms with van der Waals surface area (Å²) in [5, 5.41) is 3.37. The summed E-state index contributed by atoms with van der Waals surface area (Å²) in [5.74, 6) is 0.996. The van der Waals surface area contributed by atoms with Crippen molar-refractivity contribution < 1.29 is 4.79 Å². The topological polar surface area (TPSA) is 32.3 Å². The molecular weight excluding hydrogens is 260 g/mol. The maximum absolute atomic E-state index is 12.0. The number of likely N-dealkylation sites (N-methyl/N-ethyl adjacent to an activating group) is 1. The van der Waals surface area contributed by atoms with E-state index >= 15 is 0 Å². The van der Waals surface area contributed by atoms with Gasteiger partial charge in [-0.15, -0.1) is 0 Å². The zero-order valence-electron chi connectivity index (χ0n) is 14.5. The van der Waals surface area contributed by atoms with E-state index < -0.39 is 0 Å². The van der Waals surface area contributed by atoms with Gasteiger partial charge < -0.3 is 10.2 Å². The van der Waals surface area contributed by atoms with Gasteiger partial charge in [0.1, 0.15) is 0 Å². The molecule has 0 aliphatic carbocycles. The van der Waals surface area contributed by atoms with Gasteiger partial charge in [0.25, 0.3) is 0 Å². The van der Waals surface area contributed by atoms with Crippen LogP contribution in [-0.4, -0.2) is 37.5 Å². The molecule has 1 heterocycles. The number of piperidine rings is 1. The van der Waals surface area contributed by atoms with E-state index in [1.807, 2.05) is 14.1 Å². The number of rotatable bonds is 10. The van der Waals surface area contributed by atoms with E-state index in [1.165, 1.54) is 64.2 Å². The van der Waals surface area contributed by atoms with Crippen molar-refractivity contribution in [3.8, 4) is 0 Å². The average Bonchev–Trinajstić information content (AvgIpc) is 2.49. The number of hydrogen-bond acceptors (Lipinski definition) is 2.